The molecule has 9 heteroatoms. The van der Waals surface area contributed by atoms with Gasteiger partial charge in [-0.05, 0) is 24.3 Å². The van der Waals surface area contributed by atoms with Crippen molar-refractivity contribution in [1.82, 2.24) is 14.8 Å². The number of nitrogen functional groups attached to an aromatic ring is 1. The second-order valence-electron chi connectivity index (χ2n) is 4.51. The van der Waals surface area contributed by atoms with Crippen LogP contribution in [-0.2, 0) is 6.18 Å². The first-order valence-corrected chi connectivity index (χ1v) is 6.28. The molecule has 3 aromatic rings. The quantitative estimate of drug-likeness (QED) is 0.783. The van der Waals surface area contributed by atoms with Crippen LogP contribution in [0.2, 0.25) is 0 Å². The van der Waals surface area contributed by atoms with Crippen LogP contribution in [0.5, 0.6) is 0 Å². The van der Waals surface area contributed by atoms with Crippen LogP contribution in [0.25, 0.3) is 17.3 Å². The fourth-order valence-corrected chi connectivity index (χ4v) is 2.01. The first-order chi connectivity index (χ1) is 10.9. The minimum Gasteiger partial charge on any atom is -0.463 e. The van der Waals surface area contributed by atoms with E-state index >= 15 is 0 Å². The number of pyridine rings is 1. The molecule has 0 unspecified atom stereocenters. The molecule has 0 aliphatic carbocycles. The monoisotopic (exact) mass is 319 g/mol. The van der Waals surface area contributed by atoms with Crippen molar-refractivity contribution in [3.63, 3.8) is 0 Å². The number of anilines is 1. The zero-order valence-electron chi connectivity index (χ0n) is 11.4. The maximum atomic E-state index is 12.8. The lowest BCUT2D eigenvalue weighted by molar-refractivity contribution is -0.137. The molecular formula is C14H8F3N5O. The lowest BCUT2D eigenvalue weighted by atomic mass is 10.2. The number of furan rings is 1. The molecule has 0 saturated carbocycles. The average Bonchev–Trinajstić information content (AvgIpc) is 3.14. The third kappa shape index (κ3) is 2.50. The number of nitrogens with two attached hydrogens (primary N) is 1. The van der Waals surface area contributed by atoms with Crippen molar-refractivity contribution < 1.29 is 17.6 Å². The zero-order valence-corrected chi connectivity index (χ0v) is 11.4. The van der Waals surface area contributed by atoms with Gasteiger partial charge < -0.3 is 10.2 Å². The van der Waals surface area contributed by atoms with E-state index < -0.39 is 11.7 Å². The SMILES string of the molecule is N#Cc1c(-c2ccco2)nn(-c2cc(C(F)(F)F)ccn2)c1N. The molecule has 0 aliphatic rings. The highest BCUT2D eigenvalue weighted by molar-refractivity contribution is 5.70. The molecule has 23 heavy (non-hydrogen) atoms. The van der Waals surface area contributed by atoms with Gasteiger partial charge in [0.1, 0.15) is 23.1 Å². The topological polar surface area (TPSA) is 93.7 Å². The van der Waals surface area contributed by atoms with Gasteiger partial charge >= 0.3 is 6.18 Å². The van der Waals surface area contributed by atoms with E-state index in [1.54, 1.807) is 12.1 Å². The van der Waals surface area contributed by atoms with E-state index in [-0.39, 0.29) is 28.7 Å². The Hall–Kier alpha value is -3.28. The molecule has 0 bridgehead atoms. The summed E-state index contributed by atoms with van der Waals surface area (Å²) in [5.74, 6) is 0.0105. The Bertz CT molecular complexity index is 890. The third-order valence-corrected chi connectivity index (χ3v) is 3.08. The maximum absolute atomic E-state index is 12.8. The van der Waals surface area contributed by atoms with E-state index in [2.05, 4.69) is 10.1 Å². The molecule has 0 aliphatic heterocycles. The molecule has 0 amide bonds. The molecule has 3 rings (SSSR count). The largest absolute Gasteiger partial charge is 0.463 e. The Balaban J connectivity index is 2.17. The Labute approximate surface area is 127 Å². The van der Waals surface area contributed by atoms with Crippen LogP contribution in [0.4, 0.5) is 19.0 Å². The fourth-order valence-electron chi connectivity index (χ4n) is 2.01. The van der Waals surface area contributed by atoms with Gasteiger partial charge in [0, 0.05) is 6.20 Å². The van der Waals surface area contributed by atoms with Gasteiger partial charge in [-0.3, -0.25) is 0 Å². The lowest BCUT2D eigenvalue weighted by Crippen LogP contribution is -2.09. The smallest absolute Gasteiger partial charge is 0.416 e. The summed E-state index contributed by atoms with van der Waals surface area (Å²) >= 11 is 0. The van der Waals surface area contributed by atoms with Crippen LogP contribution in [0.3, 0.4) is 0 Å². The third-order valence-electron chi connectivity index (χ3n) is 3.08. The van der Waals surface area contributed by atoms with Gasteiger partial charge in [-0.2, -0.15) is 28.2 Å². The molecule has 6 nitrogen and oxygen atoms in total. The first-order valence-electron chi connectivity index (χ1n) is 6.28. The van der Waals surface area contributed by atoms with Gasteiger partial charge in [0.25, 0.3) is 0 Å². The Morgan fingerprint density at radius 1 is 1.30 bits per heavy atom. The summed E-state index contributed by atoms with van der Waals surface area (Å²) in [5.41, 5.74) is 5.07. The van der Waals surface area contributed by atoms with Gasteiger partial charge in [-0.25, -0.2) is 4.98 Å². The molecule has 0 atom stereocenters. The summed E-state index contributed by atoms with van der Waals surface area (Å²) in [6.45, 7) is 0. The molecule has 0 aromatic carbocycles. The van der Waals surface area contributed by atoms with Crippen molar-refractivity contribution in [2.24, 2.45) is 0 Å². The lowest BCUT2D eigenvalue weighted by Gasteiger charge is -2.08. The van der Waals surface area contributed by atoms with Crippen LogP contribution in [0, 0.1) is 11.3 Å². The summed E-state index contributed by atoms with van der Waals surface area (Å²) in [4.78, 5) is 3.83. The summed E-state index contributed by atoms with van der Waals surface area (Å²) in [6.07, 6.45) is -2.15. The van der Waals surface area contributed by atoms with Crippen molar-refractivity contribution >= 4 is 5.82 Å². The molecule has 0 spiro atoms. The molecule has 0 fully saturated rings. The Morgan fingerprint density at radius 3 is 2.70 bits per heavy atom. The molecule has 3 aromatic heterocycles. The molecule has 116 valence electrons. The molecule has 2 N–H and O–H groups in total. The average molecular weight is 319 g/mol. The zero-order chi connectivity index (χ0) is 16.6. The van der Waals surface area contributed by atoms with E-state index in [9.17, 15) is 18.4 Å². The molecule has 3 heterocycles. The fraction of sp³-hybridized carbons (Fsp3) is 0.0714. The number of aromatic nitrogens is 3. The summed E-state index contributed by atoms with van der Waals surface area (Å²) in [7, 11) is 0. The van der Waals surface area contributed by atoms with Gasteiger partial charge in [0.2, 0.25) is 0 Å². The summed E-state index contributed by atoms with van der Waals surface area (Å²) in [6, 6.07) is 6.66. The number of halogens is 3. The second-order valence-corrected chi connectivity index (χ2v) is 4.51. The Morgan fingerprint density at radius 2 is 2.09 bits per heavy atom. The van der Waals surface area contributed by atoms with E-state index in [1.165, 1.54) is 6.26 Å². The van der Waals surface area contributed by atoms with E-state index in [4.69, 9.17) is 10.2 Å². The van der Waals surface area contributed by atoms with Crippen LogP contribution in [0.15, 0.2) is 41.1 Å². The highest BCUT2D eigenvalue weighted by atomic mass is 19.4. The number of rotatable bonds is 2. The van der Waals surface area contributed by atoms with Crippen LogP contribution in [0.1, 0.15) is 11.1 Å². The van der Waals surface area contributed by atoms with E-state index in [1.807, 2.05) is 6.07 Å². The maximum Gasteiger partial charge on any atom is 0.416 e. The van der Waals surface area contributed by atoms with Crippen LogP contribution >= 0.6 is 0 Å². The van der Waals surface area contributed by atoms with Crippen molar-refractivity contribution in [2.75, 3.05) is 5.73 Å². The van der Waals surface area contributed by atoms with Crippen molar-refractivity contribution in [3.05, 3.63) is 47.9 Å². The predicted molar refractivity (Wildman–Crippen MR) is 73.2 cm³/mol. The van der Waals surface area contributed by atoms with Gasteiger partial charge in [-0.15, -0.1) is 0 Å². The Kier molecular flexibility index (Phi) is 3.29. The van der Waals surface area contributed by atoms with Crippen molar-refractivity contribution in [2.45, 2.75) is 6.18 Å². The van der Waals surface area contributed by atoms with Gasteiger partial charge in [0.15, 0.2) is 11.6 Å². The van der Waals surface area contributed by atoms with Crippen molar-refractivity contribution in [1.29, 1.82) is 5.26 Å². The number of alkyl halides is 3. The second kappa shape index (κ2) is 5.17. The molecule has 0 saturated heterocycles. The minimum absolute atomic E-state index is 0.000776. The minimum atomic E-state index is -4.53. The normalized spacial score (nSPS) is 11.4. The molecule has 0 radical (unpaired) electrons. The number of nitriles is 1. The predicted octanol–water partition coefficient (Wildman–Crippen LogP) is 3.00. The van der Waals surface area contributed by atoms with Crippen LogP contribution < -0.4 is 5.73 Å². The standard InChI is InChI=1S/C14H8F3N5O/c15-14(16,17)8-3-4-20-11(6-8)22-13(19)9(7-18)12(21-22)10-2-1-5-23-10/h1-6H,19H2. The highest BCUT2D eigenvalue weighted by Crippen LogP contribution is 2.32. The van der Waals surface area contributed by atoms with Gasteiger partial charge in [0.05, 0.1) is 11.8 Å². The number of nitrogens with zero attached hydrogens (tertiary/aromatic N) is 4. The number of hydrogen-bond acceptors (Lipinski definition) is 5. The van der Waals surface area contributed by atoms with Crippen molar-refractivity contribution in [3.8, 4) is 23.3 Å². The highest BCUT2D eigenvalue weighted by Gasteiger charge is 2.31. The van der Waals surface area contributed by atoms with E-state index in [0.29, 0.717) is 0 Å². The van der Waals surface area contributed by atoms with Gasteiger partial charge in [-0.1, -0.05) is 0 Å². The summed E-state index contributed by atoms with van der Waals surface area (Å²) in [5, 5.41) is 13.3. The van der Waals surface area contributed by atoms with Crippen LogP contribution in [-0.4, -0.2) is 14.8 Å². The molecular weight excluding hydrogens is 311 g/mol. The number of hydrogen-bond donors (Lipinski definition) is 1. The summed E-state index contributed by atoms with van der Waals surface area (Å²) < 4.78 is 44.5. The van der Waals surface area contributed by atoms with E-state index in [0.717, 1.165) is 23.0 Å². The first kappa shape index (κ1) is 14.6.